The van der Waals surface area contributed by atoms with E-state index < -0.39 is 9.84 Å². The van der Waals surface area contributed by atoms with Crippen molar-refractivity contribution >= 4 is 32.2 Å². The molecule has 0 aliphatic heterocycles. The lowest BCUT2D eigenvalue weighted by Crippen LogP contribution is -2.14. The first-order valence-corrected chi connectivity index (χ1v) is 9.40. The molecule has 24 heavy (non-hydrogen) atoms. The lowest BCUT2D eigenvalue weighted by molar-refractivity contribution is 0.102. The lowest BCUT2D eigenvalue weighted by Gasteiger charge is -2.08. The first kappa shape index (κ1) is 16.1. The van der Waals surface area contributed by atoms with Gasteiger partial charge in [0, 0.05) is 23.5 Å². The van der Waals surface area contributed by atoms with Gasteiger partial charge in [0.1, 0.15) is 5.69 Å². The number of hydrogen-bond donors (Lipinski definition) is 1. The molecule has 1 amide bonds. The Bertz CT molecular complexity index is 991. The Morgan fingerprint density at radius 3 is 2.46 bits per heavy atom. The number of carbonyl (C=O) groups excluding carboxylic acids is 1. The summed E-state index contributed by atoms with van der Waals surface area (Å²) in [6.45, 7) is 0. The number of anilines is 1. The molecule has 0 saturated carbocycles. The molecule has 6 heteroatoms. The number of aromatic nitrogens is 1. The predicted molar refractivity (Wildman–Crippen MR) is 94.7 cm³/mol. The number of amides is 1. The van der Waals surface area contributed by atoms with Crippen molar-refractivity contribution in [2.45, 2.75) is 5.75 Å². The van der Waals surface area contributed by atoms with Crippen LogP contribution in [0.1, 0.15) is 16.1 Å². The molecule has 2 aromatic carbocycles. The van der Waals surface area contributed by atoms with E-state index in [1.54, 1.807) is 30.5 Å². The van der Waals surface area contributed by atoms with Crippen molar-refractivity contribution in [1.82, 2.24) is 4.98 Å². The van der Waals surface area contributed by atoms with Gasteiger partial charge in [0.2, 0.25) is 0 Å². The first-order chi connectivity index (χ1) is 11.4. The van der Waals surface area contributed by atoms with Crippen LogP contribution in [0.4, 0.5) is 5.69 Å². The third-order valence-electron chi connectivity index (χ3n) is 3.53. The molecule has 0 saturated heterocycles. The van der Waals surface area contributed by atoms with E-state index in [1.165, 1.54) is 6.26 Å². The second kappa shape index (κ2) is 6.41. The standard InChI is InChI=1S/C18H16N2O3S/c1-24(22,23)12-13-6-8-15(9-7-13)20-18(21)17-16-5-3-2-4-14(16)10-11-19-17/h2-11H,12H2,1H3,(H,20,21). The van der Waals surface area contributed by atoms with Gasteiger partial charge >= 0.3 is 0 Å². The molecule has 0 unspecified atom stereocenters. The summed E-state index contributed by atoms with van der Waals surface area (Å²) < 4.78 is 22.6. The number of pyridine rings is 1. The zero-order valence-corrected chi connectivity index (χ0v) is 13.9. The third kappa shape index (κ3) is 3.78. The van der Waals surface area contributed by atoms with Crippen LogP contribution in [-0.4, -0.2) is 25.6 Å². The van der Waals surface area contributed by atoms with Gasteiger partial charge in [0.05, 0.1) is 5.75 Å². The molecule has 0 aliphatic carbocycles. The van der Waals surface area contributed by atoms with Crippen LogP contribution in [0.25, 0.3) is 10.8 Å². The summed E-state index contributed by atoms with van der Waals surface area (Å²) >= 11 is 0. The van der Waals surface area contributed by atoms with Gasteiger partial charge < -0.3 is 5.32 Å². The summed E-state index contributed by atoms with van der Waals surface area (Å²) in [5.41, 5.74) is 1.62. The van der Waals surface area contributed by atoms with Gasteiger partial charge in [-0.2, -0.15) is 0 Å². The molecule has 5 nitrogen and oxygen atoms in total. The summed E-state index contributed by atoms with van der Waals surface area (Å²) in [4.78, 5) is 16.6. The number of nitrogens with zero attached hydrogens (tertiary/aromatic N) is 1. The molecule has 3 rings (SSSR count). The molecular formula is C18H16N2O3S. The van der Waals surface area contributed by atoms with Gasteiger partial charge in [-0.05, 0) is 29.1 Å². The average molecular weight is 340 g/mol. The maximum Gasteiger partial charge on any atom is 0.274 e. The van der Waals surface area contributed by atoms with Crippen molar-refractivity contribution in [2.24, 2.45) is 0 Å². The van der Waals surface area contributed by atoms with Crippen LogP contribution in [-0.2, 0) is 15.6 Å². The Labute approximate surface area is 140 Å². The SMILES string of the molecule is CS(=O)(=O)Cc1ccc(NC(=O)c2nccc3ccccc23)cc1. The summed E-state index contributed by atoms with van der Waals surface area (Å²) in [5.74, 6) is -0.325. The molecule has 3 aromatic rings. The van der Waals surface area contributed by atoms with E-state index in [9.17, 15) is 13.2 Å². The summed E-state index contributed by atoms with van der Waals surface area (Å²) in [6, 6.07) is 16.1. The number of nitrogens with one attached hydrogen (secondary N) is 1. The molecule has 0 atom stereocenters. The van der Waals surface area contributed by atoms with Gasteiger partial charge in [-0.3, -0.25) is 9.78 Å². The van der Waals surface area contributed by atoms with Crippen molar-refractivity contribution in [2.75, 3.05) is 11.6 Å². The van der Waals surface area contributed by atoms with E-state index in [-0.39, 0.29) is 11.7 Å². The Morgan fingerprint density at radius 2 is 1.75 bits per heavy atom. The van der Waals surface area contributed by atoms with Gasteiger partial charge in [0.25, 0.3) is 5.91 Å². The summed E-state index contributed by atoms with van der Waals surface area (Å²) in [6.07, 6.45) is 2.79. The van der Waals surface area contributed by atoms with E-state index in [0.717, 1.165) is 10.8 Å². The number of rotatable bonds is 4. The second-order valence-corrected chi connectivity index (χ2v) is 7.74. The number of benzene rings is 2. The molecule has 0 radical (unpaired) electrons. The van der Waals surface area contributed by atoms with Crippen LogP contribution in [0.15, 0.2) is 60.8 Å². The van der Waals surface area contributed by atoms with Crippen molar-refractivity contribution in [1.29, 1.82) is 0 Å². The molecule has 0 bridgehead atoms. The second-order valence-electron chi connectivity index (χ2n) is 5.60. The fraction of sp³-hybridized carbons (Fsp3) is 0.111. The summed E-state index contributed by atoms with van der Waals surface area (Å²) in [5, 5.41) is 4.52. The maximum atomic E-state index is 12.5. The minimum absolute atomic E-state index is 0.0217. The zero-order valence-electron chi connectivity index (χ0n) is 13.1. The van der Waals surface area contributed by atoms with E-state index in [1.807, 2.05) is 30.3 Å². The van der Waals surface area contributed by atoms with Crippen molar-refractivity contribution in [3.63, 3.8) is 0 Å². The van der Waals surface area contributed by atoms with Gasteiger partial charge in [-0.25, -0.2) is 8.42 Å². The molecule has 1 N–H and O–H groups in total. The minimum atomic E-state index is -3.08. The van der Waals surface area contributed by atoms with Crippen molar-refractivity contribution in [3.8, 4) is 0 Å². The van der Waals surface area contributed by atoms with Crippen LogP contribution >= 0.6 is 0 Å². The summed E-state index contributed by atoms with van der Waals surface area (Å²) in [7, 11) is -3.08. The van der Waals surface area contributed by atoms with E-state index in [4.69, 9.17) is 0 Å². The first-order valence-electron chi connectivity index (χ1n) is 7.34. The van der Waals surface area contributed by atoms with Crippen LogP contribution in [0.5, 0.6) is 0 Å². The fourth-order valence-corrected chi connectivity index (χ4v) is 3.28. The lowest BCUT2D eigenvalue weighted by atomic mass is 10.1. The molecular weight excluding hydrogens is 324 g/mol. The molecule has 0 aliphatic rings. The molecule has 0 fully saturated rings. The topological polar surface area (TPSA) is 76.1 Å². The fourth-order valence-electron chi connectivity index (χ4n) is 2.48. The quantitative estimate of drug-likeness (QED) is 0.792. The number of carbonyl (C=O) groups is 1. The van der Waals surface area contributed by atoms with E-state index >= 15 is 0 Å². The van der Waals surface area contributed by atoms with Gasteiger partial charge in [0.15, 0.2) is 9.84 Å². The van der Waals surface area contributed by atoms with Gasteiger partial charge in [-0.15, -0.1) is 0 Å². The van der Waals surface area contributed by atoms with E-state index in [0.29, 0.717) is 16.9 Å². The van der Waals surface area contributed by atoms with Crippen molar-refractivity contribution < 1.29 is 13.2 Å². The molecule has 1 heterocycles. The normalized spacial score (nSPS) is 11.4. The van der Waals surface area contributed by atoms with Crippen LogP contribution in [0.2, 0.25) is 0 Å². The highest BCUT2D eigenvalue weighted by molar-refractivity contribution is 7.89. The maximum absolute atomic E-state index is 12.5. The average Bonchev–Trinajstić information content (AvgIpc) is 2.55. The highest BCUT2D eigenvalue weighted by Gasteiger charge is 2.12. The van der Waals surface area contributed by atoms with Crippen molar-refractivity contribution in [3.05, 3.63) is 72.1 Å². The van der Waals surface area contributed by atoms with Gasteiger partial charge in [-0.1, -0.05) is 36.4 Å². The number of fused-ring (bicyclic) bond motifs is 1. The monoisotopic (exact) mass is 340 g/mol. The Kier molecular flexibility index (Phi) is 4.31. The smallest absolute Gasteiger partial charge is 0.274 e. The number of sulfone groups is 1. The Morgan fingerprint density at radius 1 is 1.04 bits per heavy atom. The number of hydrogen-bond acceptors (Lipinski definition) is 4. The highest BCUT2D eigenvalue weighted by atomic mass is 32.2. The van der Waals surface area contributed by atoms with Crippen LogP contribution in [0.3, 0.4) is 0 Å². The molecule has 0 spiro atoms. The van der Waals surface area contributed by atoms with E-state index in [2.05, 4.69) is 10.3 Å². The Hall–Kier alpha value is -2.73. The predicted octanol–water partition coefficient (Wildman–Crippen LogP) is 3.03. The largest absolute Gasteiger partial charge is 0.321 e. The molecule has 1 aromatic heterocycles. The Balaban J connectivity index is 1.82. The third-order valence-corrected chi connectivity index (χ3v) is 4.39. The minimum Gasteiger partial charge on any atom is -0.321 e. The van der Waals surface area contributed by atoms with Crippen LogP contribution in [0, 0.1) is 0 Å². The highest BCUT2D eigenvalue weighted by Crippen LogP contribution is 2.18. The van der Waals surface area contributed by atoms with Crippen LogP contribution < -0.4 is 5.32 Å². The molecule has 122 valence electrons. The zero-order chi connectivity index (χ0) is 17.2.